The van der Waals surface area contributed by atoms with Crippen molar-refractivity contribution in [3.63, 3.8) is 0 Å². The van der Waals surface area contributed by atoms with E-state index in [-0.39, 0.29) is 5.69 Å². The molecule has 6 heteroatoms. The maximum absolute atomic E-state index is 11.4. The molecule has 5 nitrogen and oxygen atoms in total. The number of nitro benzene ring substituents is 1. The molecule has 0 unspecified atom stereocenters. The molecule has 0 saturated carbocycles. The summed E-state index contributed by atoms with van der Waals surface area (Å²) >= 11 is 1.26. The first-order chi connectivity index (χ1) is 6.59. The van der Waals surface area contributed by atoms with Gasteiger partial charge in [-0.25, -0.2) is 0 Å². The van der Waals surface area contributed by atoms with Gasteiger partial charge < -0.3 is 5.21 Å². The van der Waals surface area contributed by atoms with Gasteiger partial charge in [-0.3, -0.25) is 10.1 Å². The van der Waals surface area contributed by atoms with E-state index in [1.54, 1.807) is 6.92 Å². The van der Waals surface area contributed by atoms with Crippen molar-refractivity contribution in [2.45, 2.75) is 6.92 Å². The summed E-state index contributed by atoms with van der Waals surface area (Å²) in [6.45, 7) is 1.68. The molecule has 0 spiro atoms. The third-order valence-electron chi connectivity index (χ3n) is 1.92. The number of nitro groups is 1. The lowest BCUT2D eigenvalue weighted by Crippen LogP contribution is -2.26. The number of aromatic nitrogens is 1. The van der Waals surface area contributed by atoms with Gasteiger partial charge in [-0.1, -0.05) is 11.3 Å². The van der Waals surface area contributed by atoms with E-state index in [4.69, 9.17) is 0 Å². The number of thiazole rings is 1. The van der Waals surface area contributed by atoms with Gasteiger partial charge in [-0.05, 0) is 0 Å². The first-order valence-electron chi connectivity index (χ1n) is 3.86. The average Bonchev–Trinajstić information content (AvgIpc) is 2.42. The Morgan fingerprint density at radius 2 is 2.21 bits per heavy atom. The van der Waals surface area contributed by atoms with Gasteiger partial charge in [0.25, 0.3) is 5.69 Å². The number of nitrogens with zero attached hydrogens (tertiary/aromatic N) is 2. The Labute approximate surface area is 82.9 Å². The zero-order valence-corrected chi connectivity index (χ0v) is 8.08. The molecule has 0 N–H and O–H groups in total. The van der Waals surface area contributed by atoms with Gasteiger partial charge in [0.05, 0.1) is 4.92 Å². The molecule has 0 aliphatic rings. The molecule has 0 bridgehead atoms. The normalized spacial score (nSPS) is 10.6. The second-order valence-corrected chi connectivity index (χ2v) is 4.06. The van der Waals surface area contributed by atoms with Crippen LogP contribution in [0.4, 0.5) is 5.69 Å². The van der Waals surface area contributed by atoms with Gasteiger partial charge in [0.15, 0.2) is 0 Å². The average molecular weight is 210 g/mol. The van der Waals surface area contributed by atoms with Crippen LogP contribution >= 0.6 is 11.3 Å². The minimum absolute atomic E-state index is 0.0133. The van der Waals surface area contributed by atoms with Crippen LogP contribution in [0.2, 0.25) is 0 Å². The molecule has 0 saturated heterocycles. The molecule has 0 aliphatic carbocycles. The van der Waals surface area contributed by atoms with Crippen molar-refractivity contribution in [2.75, 3.05) is 0 Å². The second kappa shape index (κ2) is 2.91. The molecule has 0 radical (unpaired) electrons. The summed E-state index contributed by atoms with van der Waals surface area (Å²) < 4.78 is 1.43. The minimum atomic E-state index is -0.469. The highest BCUT2D eigenvalue weighted by Gasteiger charge is 2.15. The van der Waals surface area contributed by atoms with Gasteiger partial charge in [0.1, 0.15) is 4.70 Å². The van der Waals surface area contributed by atoms with Crippen LogP contribution in [-0.2, 0) is 0 Å². The van der Waals surface area contributed by atoms with Gasteiger partial charge in [0, 0.05) is 25.1 Å². The fourth-order valence-corrected chi connectivity index (χ4v) is 2.17. The molecule has 14 heavy (non-hydrogen) atoms. The third kappa shape index (κ3) is 1.20. The Morgan fingerprint density at radius 3 is 2.86 bits per heavy atom. The molecule has 0 atom stereocenters. The van der Waals surface area contributed by atoms with E-state index < -0.39 is 4.92 Å². The van der Waals surface area contributed by atoms with Crippen LogP contribution in [0.15, 0.2) is 18.2 Å². The molecule has 0 fully saturated rings. The summed E-state index contributed by atoms with van der Waals surface area (Å²) in [7, 11) is 0. The summed E-state index contributed by atoms with van der Waals surface area (Å²) in [5.41, 5.74) is 0.498. The Balaban J connectivity index is 2.73. The second-order valence-electron chi connectivity index (χ2n) is 2.82. The summed E-state index contributed by atoms with van der Waals surface area (Å²) in [5.74, 6) is 0. The maximum Gasteiger partial charge on any atom is 0.271 e. The van der Waals surface area contributed by atoms with Crippen molar-refractivity contribution in [3.8, 4) is 0 Å². The fraction of sp³-hybridized carbons (Fsp3) is 0.125. The number of non-ortho nitro benzene ring substituents is 1. The Hall–Kier alpha value is -1.69. The third-order valence-corrected chi connectivity index (χ3v) is 2.92. The molecule has 2 rings (SSSR count). The lowest BCUT2D eigenvalue weighted by Gasteiger charge is -1.93. The number of benzene rings is 1. The summed E-state index contributed by atoms with van der Waals surface area (Å²) in [6, 6.07) is 4.23. The van der Waals surface area contributed by atoms with Gasteiger partial charge >= 0.3 is 0 Å². The van der Waals surface area contributed by atoms with Gasteiger partial charge in [0.2, 0.25) is 10.5 Å². The van der Waals surface area contributed by atoms with E-state index in [1.165, 1.54) is 29.5 Å². The number of aryl methyl sites for hydroxylation is 1. The van der Waals surface area contributed by atoms with Crippen LogP contribution in [0.3, 0.4) is 0 Å². The summed E-state index contributed by atoms with van der Waals surface area (Å²) in [6.07, 6.45) is 0. The van der Waals surface area contributed by atoms with Crippen LogP contribution in [-0.4, -0.2) is 4.92 Å². The predicted molar refractivity (Wildman–Crippen MR) is 52.2 cm³/mol. The Kier molecular flexibility index (Phi) is 1.85. The molecule has 1 heterocycles. The largest absolute Gasteiger partial charge is 0.617 e. The predicted octanol–water partition coefficient (Wildman–Crippen LogP) is 1.75. The summed E-state index contributed by atoms with van der Waals surface area (Å²) in [4.78, 5) is 9.99. The SMILES string of the molecule is Cc1sc2cc([N+](=O)[O-])ccc2[n+]1[O-]. The Bertz CT molecular complexity index is 521. The van der Waals surface area contributed by atoms with E-state index in [9.17, 15) is 15.3 Å². The van der Waals surface area contributed by atoms with Crippen molar-refractivity contribution < 1.29 is 9.65 Å². The van der Waals surface area contributed by atoms with Crippen molar-refractivity contribution in [1.82, 2.24) is 0 Å². The van der Waals surface area contributed by atoms with E-state index in [1.807, 2.05) is 0 Å². The van der Waals surface area contributed by atoms with Crippen molar-refractivity contribution in [2.24, 2.45) is 0 Å². The minimum Gasteiger partial charge on any atom is -0.617 e. The fourth-order valence-electron chi connectivity index (χ4n) is 1.24. The van der Waals surface area contributed by atoms with Gasteiger partial charge in [-0.15, -0.1) is 0 Å². The molecule has 0 amide bonds. The lowest BCUT2D eigenvalue weighted by molar-refractivity contribution is -0.578. The standard InChI is InChI=1S/C8H6N2O3S/c1-5-9(11)7-3-2-6(10(12)13)4-8(7)14-5/h2-4H,1H3. The van der Waals surface area contributed by atoms with E-state index >= 15 is 0 Å². The topological polar surface area (TPSA) is 70.1 Å². The highest BCUT2D eigenvalue weighted by Crippen LogP contribution is 2.24. The van der Waals surface area contributed by atoms with Crippen LogP contribution < -0.4 is 4.73 Å². The van der Waals surface area contributed by atoms with Crippen LogP contribution in [0.5, 0.6) is 0 Å². The number of hydrogen-bond donors (Lipinski definition) is 0. The van der Waals surface area contributed by atoms with Gasteiger partial charge in [-0.2, -0.15) is 4.73 Å². The molecular formula is C8H6N2O3S. The molecular weight excluding hydrogens is 204 g/mol. The number of fused-ring (bicyclic) bond motifs is 1. The van der Waals surface area contributed by atoms with Crippen LogP contribution in [0, 0.1) is 22.2 Å². The Morgan fingerprint density at radius 1 is 1.50 bits per heavy atom. The highest BCUT2D eigenvalue weighted by molar-refractivity contribution is 7.18. The molecule has 72 valence electrons. The number of hydrogen-bond acceptors (Lipinski definition) is 4. The van der Waals surface area contributed by atoms with E-state index in [0.717, 1.165) is 4.73 Å². The smallest absolute Gasteiger partial charge is 0.271 e. The summed E-state index contributed by atoms with van der Waals surface area (Å²) in [5, 5.41) is 22.4. The zero-order chi connectivity index (χ0) is 10.3. The van der Waals surface area contributed by atoms with Crippen molar-refractivity contribution in [1.29, 1.82) is 0 Å². The van der Waals surface area contributed by atoms with E-state index in [2.05, 4.69) is 0 Å². The van der Waals surface area contributed by atoms with Crippen LogP contribution in [0.25, 0.3) is 10.2 Å². The molecule has 2 aromatic rings. The lowest BCUT2D eigenvalue weighted by atomic mass is 10.3. The number of rotatable bonds is 1. The molecule has 1 aromatic heterocycles. The highest BCUT2D eigenvalue weighted by atomic mass is 32.1. The van der Waals surface area contributed by atoms with Crippen molar-refractivity contribution in [3.05, 3.63) is 38.5 Å². The first-order valence-corrected chi connectivity index (χ1v) is 4.68. The molecule has 0 aliphatic heterocycles. The maximum atomic E-state index is 11.4. The quantitative estimate of drug-likeness (QED) is 0.311. The molecule has 1 aromatic carbocycles. The van der Waals surface area contributed by atoms with Crippen molar-refractivity contribution >= 4 is 27.2 Å². The van der Waals surface area contributed by atoms with E-state index in [0.29, 0.717) is 15.2 Å². The zero-order valence-electron chi connectivity index (χ0n) is 7.26. The van der Waals surface area contributed by atoms with Crippen LogP contribution in [0.1, 0.15) is 5.01 Å². The monoisotopic (exact) mass is 210 g/mol. The first kappa shape index (κ1) is 8.89.